The maximum absolute atomic E-state index is 5.37. The number of rotatable bonds is 2. The predicted octanol–water partition coefficient (Wildman–Crippen LogP) is 0.340. The third-order valence-electron chi connectivity index (χ3n) is 0.866. The number of nitrogens with two attached hydrogens (primary N) is 3. The highest BCUT2D eigenvalue weighted by molar-refractivity contribution is 6.29. The van der Waals surface area contributed by atoms with Crippen LogP contribution in [0.1, 0.15) is 0 Å². The SMILES string of the molecule is C=C/C=C(N)\C(N)=C(/N)Cl. The third kappa shape index (κ3) is 2.46. The van der Waals surface area contributed by atoms with Gasteiger partial charge in [-0.15, -0.1) is 0 Å². The van der Waals surface area contributed by atoms with Crippen molar-refractivity contribution in [1.29, 1.82) is 0 Å². The van der Waals surface area contributed by atoms with Crippen molar-refractivity contribution in [3.05, 3.63) is 35.3 Å². The summed E-state index contributed by atoms with van der Waals surface area (Å²) < 4.78 is 0. The van der Waals surface area contributed by atoms with Gasteiger partial charge in [0.25, 0.3) is 0 Å². The molecule has 0 saturated carbocycles. The van der Waals surface area contributed by atoms with Crippen molar-refractivity contribution in [3.8, 4) is 0 Å². The summed E-state index contributed by atoms with van der Waals surface area (Å²) in [4.78, 5) is 0. The molecule has 0 unspecified atom stereocenters. The van der Waals surface area contributed by atoms with E-state index in [2.05, 4.69) is 6.58 Å². The van der Waals surface area contributed by atoms with Crippen LogP contribution in [0.5, 0.6) is 0 Å². The molecule has 0 amide bonds. The molecular formula is C6H10ClN3. The minimum atomic E-state index is -0.00407. The highest BCUT2D eigenvalue weighted by atomic mass is 35.5. The summed E-state index contributed by atoms with van der Waals surface area (Å²) in [5, 5.41) is -0.00407. The van der Waals surface area contributed by atoms with Crippen LogP contribution in [0.25, 0.3) is 0 Å². The minimum Gasteiger partial charge on any atom is -0.397 e. The Hall–Kier alpha value is -1.09. The Morgan fingerprint density at radius 3 is 2.10 bits per heavy atom. The second kappa shape index (κ2) is 3.85. The molecule has 0 aliphatic carbocycles. The van der Waals surface area contributed by atoms with E-state index in [1.807, 2.05) is 0 Å². The number of allylic oxidation sites excluding steroid dienone is 2. The second-order valence-corrected chi connectivity index (χ2v) is 2.03. The van der Waals surface area contributed by atoms with E-state index in [0.29, 0.717) is 5.70 Å². The van der Waals surface area contributed by atoms with E-state index < -0.39 is 0 Å². The van der Waals surface area contributed by atoms with E-state index in [1.165, 1.54) is 12.2 Å². The largest absolute Gasteiger partial charge is 0.397 e. The summed E-state index contributed by atoms with van der Waals surface area (Å²) in [6.45, 7) is 3.42. The third-order valence-corrected chi connectivity index (χ3v) is 1.07. The minimum absolute atomic E-state index is 0.00407. The molecule has 0 aromatic heterocycles. The summed E-state index contributed by atoms with van der Waals surface area (Å²) in [7, 11) is 0. The molecule has 0 aliphatic heterocycles. The molecule has 0 atom stereocenters. The Labute approximate surface area is 64.8 Å². The van der Waals surface area contributed by atoms with Crippen LogP contribution in [0, 0.1) is 0 Å². The lowest BCUT2D eigenvalue weighted by atomic mass is 10.3. The highest BCUT2D eigenvalue weighted by Crippen LogP contribution is 2.02. The van der Waals surface area contributed by atoms with Gasteiger partial charge >= 0.3 is 0 Å². The van der Waals surface area contributed by atoms with Crippen molar-refractivity contribution < 1.29 is 0 Å². The molecule has 0 saturated heterocycles. The number of halogens is 1. The van der Waals surface area contributed by atoms with E-state index in [0.717, 1.165) is 0 Å². The molecule has 0 radical (unpaired) electrons. The first-order valence-electron chi connectivity index (χ1n) is 2.59. The Balaban J connectivity index is 4.51. The summed E-state index contributed by atoms with van der Waals surface area (Å²) >= 11 is 5.34. The fourth-order valence-electron chi connectivity index (χ4n) is 0.355. The zero-order chi connectivity index (χ0) is 8.15. The smallest absolute Gasteiger partial charge is 0.125 e. The van der Waals surface area contributed by atoms with Gasteiger partial charge in [-0.1, -0.05) is 24.3 Å². The Morgan fingerprint density at radius 2 is 1.80 bits per heavy atom. The second-order valence-electron chi connectivity index (χ2n) is 1.62. The fraction of sp³-hybridized carbons (Fsp3) is 0. The molecule has 10 heavy (non-hydrogen) atoms. The molecule has 0 aromatic carbocycles. The van der Waals surface area contributed by atoms with Crippen molar-refractivity contribution in [2.75, 3.05) is 0 Å². The van der Waals surface area contributed by atoms with Gasteiger partial charge in [-0.3, -0.25) is 0 Å². The molecule has 0 heterocycles. The van der Waals surface area contributed by atoms with Crippen molar-refractivity contribution in [2.45, 2.75) is 0 Å². The lowest BCUT2D eigenvalue weighted by Crippen LogP contribution is -2.13. The molecule has 3 nitrogen and oxygen atoms in total. The van der Waals surface area contributed by atoms with Crippen molar-refractivity contribution >= 4 is 11.6 Å². The van der Waals surface area contributed by atoms with Gasteiger partial charge in [0, 0.05) is 0 Å². The van der Waals surface area contributed by atoms with Crippen LogP contribution in [0.4, 0.5) is 0 Å². The lowest BCUT2D eigenvalue weighted by Gasteiger charge is -1.99. The van der Waals surface area contributed by atoms with Crippen LogP contribution in [0.15, 0.2) is 35.3 Å². The average Bonchev–Trinajstić information content (AvgIpc) is 1.87. The van der Waals surface area contributed by atoms with Crippen LogP contribution in [-0.2, 0) is 0 Å². The van der Waals surface area contributed by atoms with E-state index >= 15 is 0 Å². The topological polar surface area (TPSA) is 78.1 Å². The predicted molar refractivity (Wildman–Crippen MR) is 43.7 cm³/mol. The van der Waals surface area contributed by atoms with Crippen molar-refractivity contribution in [1.82, 2.24) is 0 Å². The molecule has 0 aliphatic rings. The summed E-state index contributed by atoms with van der Waals surface area (Å²) in [6, 6.07) is 0. The molecule has 0 spiro atoms. The number of hydrogen-bond donors (Lipinski definition) is 3. The van der Waals surface area contributed by atoms with Gasteiger partial charge in [-0.05, 0) is 6.08 Å². The van der Waals surface area contributed by atoms with E-state index in [-0.39, 0.29) is 10.9 Å². The molecule has 0 aromatic rings. The van der Waals surface area contributed by atoms with Gasteiger partial charge < -0.3 is 17.2 Å². The summed E-state index contributed by atoms with van der Waals surface area (Å²) in [5.41, 5.74) is 16.3. The van der Waals surface area contributed by atoms with Crippen LogP contribution in [0.2, 0.25) is 0 Å². The van der Waals surface area contributed by atoms with Gasteiger partial charge in [-0.25, -0.2) is 0 Å². The molecule has 56 valence electrons. The maximum Gasteiger partial charge on any atom is 0.125 e. The molecule has 4 heteroatoms. The molecule has 0 fully saturated rings. The zero-order valence-corrected chi connectivity index (χ0v) is 6.23. The fourth-order valence-corrected chi connectivity index (χ4v) is 0.464. The molecule has 0 rings (SSSR count). The van der Waals surface area contributed by atoms with E-state index in [9.17, 15) is 0 Å². The Kier molecular flexibility index (Phi) is 3.43. The van der Waals surface area contributed by atoms with E-state index in [1.54, 1.807) is 0 Å². The lowest BCUT2D eigenvalue weighted by molar-refractivity contribution is 1.21. The van der Waals surface area contributed by atoms with Gasteiger partial charge in [0.2, 0.25) is 0 Å². The standard InChI is InChI=1S/C6H10ClN3/c1-2-3-4(8)5(9)6(7)10/h2-3H,1,8-10H2/b4-3+,6-5+. The van der Waals surface area contributed by atoms with Crippen LogP contribution >= 0.6 is 11.6 Å². The van der Waals surface area contributed by atoms with Gasteiger partial charge in [0.15, 0.2) is 0 Å². The van der Waals surface area contributed by atoms with Crippen molar-refractivity contribution in [3.63, 3.8) is 0 Å². The van der Waals surface area contributed by atoms with Crippen molar-refractivity contribution in [2.24, 2.45) is 17.2 Å². The summed E-state index contributed by atoms with van der Waals surface area (Å²) in [6.07, 6.45) is 3.02. The van der Waals surface area contributed by atoms with Gasteiger partial charge in [0.05, 0.1) is 11.4 Å². The maximum atomic E-state index is 5.37. The first kappa shape index (κ1) is 8.91. The molecule has 0 bridgehead atoms. The normalized spacial score (nSPS) is 14.3. The van der Waals surface area contributed by atoms with Crippen LogP contribution < -0.4 is 17.2 Å². The molecule has 6 N–H and O–H groups in total. The van der Waals surface area contributed by atoms with E-state index in [4.69, 9.17) is 28.8 Å². The van der Waals surface area contributed by atoms with Gasteiger partial charge in [0.1, 0.15) is 5.16 Å². The Morgan fingerprint density at radius 1 is 1.30 bits per heavy atom. The van der Waals surface area contributed by atoms with Crippen LogP contribution in [-0.4, -0.2) is 0 Å². The first-order valence-corrected chi connectivity index (χ1v) is 2.96. The molecular weight excluding hydrogens is 150 g/mol. The quantitative estimate of drug-likeness (QED) is 0.402. The number of hydrogen-bond acceptors (Lipinski definition) is 3. The average molecular weight is 160 g/mol. The highest BCUT2D eigenvalue weighted by Gasteiger charge is 1.96. The summed E-state index contributed by atoms with van der Waals surface area (Å²) in [5.74, 6) is 0. The van der Waals surface area contributed by atoms with Crippen LogP contribution in [0.3, 0.4) is 0 Å². The zero-order valence-electron chi connectivity index (χ0n) is 5.47. The van der Waals surface area contributed by atoms with Gasteiger partial charge in [-0.2, -0.15) is 0 Å². The Bertz CT molecular complexity index is 189. The first-order chi connectivity index (χ1) is 4.59. The monoisotopic (exact) mass is 159 g/mol.